The lowest BCUT2D eigenvalue weighted by atomic mass is 10.0. The third-order valence-corrected chi connectivity index (χ3v) is 8.55. The van der Waals surface area contributed by atoms with Crippen molar-refractivity contribution in [2.24, 2.45) is 5.73 Å². The van der Waals surface area contributed by atoms with Crippen LogP contribution in [0.15, 0.2) is 65.6 Å². The molecule has 2 atom stereocenters. The van der Waals surface area contributed by atoms with Crippen LogP contribution in [0.5, 0.6) is 5.75 Å². The van der Waals surface area contributed by atoms with Gasteiger partial charge in [0, 0.05) is 42.2 Å². The van der Waals surface area contributed by atoms with E-state index in [0.717, 1.165) is 10.5 Å². The van der Waals surface area contributed by atoms with E-state index in [1.54, 1.807) is 34.0 Å². The summed E-state index contributed by atoms with van der Waals surface area (Å²) in [5.41, 5.74) is 7.73. The van der Waals surface area contributed by atoms with Crippen LogP contribution in [0.1, 0.15) is 12.0 Å². The van der Waals surface area contributed by atoms with E-state index in [-0.39, 0.29) is 34.8 Å². The first kappa shape index (κ1) is 34.3. The van der Waals surface area contributed by atoms with Gasteiger partial charge in [0.1, 0.15) is 17.2 Å². The molecule has 3 aliphatic heterocycles. The molecule has 1 aromatic heterocycles. The molecule has 0 saturated carbocycles. The quantitative estimate of drug-likeness (QED) is 0.138. The molecule has 0 unspecified atom stereocenters. The highest BCUT2D eigenvalue weighted by molar-refractivity contribution is 8.00. The number of β-lactam (4-membered cyclic amide) rings is 1. The van der Waals surface area contributed by atoms with Crippen molar-refractivity contribution in [2.45, 2.75) is 37.1 Å². The fourth-order valence-electron chi connectivity index (χ4n) is 4.67. The summed E-state index contributed by atoms with van der Waals surface area (Å²) in [5, 5.41) is 30.8. The molecular weight excluding hydrogens is 659 g/mol. The Balaban J connectivity index is 0.000000617. The van der Waals surface area contributed by atoms with Gasteiger partial charge in [-0.3, -0.25) is 19.3 Å². The van der Waals surface area contributed by atoms with Gasteiger partial charge in [-0.05, 0) is 41.8 Å². The van der Waals surface area contributed by atoms with E-state index in [4.69, 9.17) is 27.2 Å². The van der Waals surface area contributed by atoms with Crippen molar-refractivity contribution in [1.29, 1.82) is 0 Å². The first-order valence-corrected chi connectivity index (χ1v) is 14.7. The Kier molecular flexibility index (Phi) is 10.3. The lowest BCUT2D eigenvalue weighted by Gasteiger charge is -2.49. The summed E-state index contributed by atoms with van der Waals surface area (Å²) in [4.78, 5) is 61.0. The summed E-state index contributed by atoms with van der Waals surface area (Å²) in [5.74, 6) is -4.93. The van der Waals surface area contributed by atoms with Crippen molar-refractivity contribution >= 4 is 58.7 Å². The summed E-state index contributed by atoms with van der Waals surface area (Å²) in [7, 11) is 0. The average Bonchev–Trinajstić information content (AvgIpc) is 3.33. The monoisotopic (exact) mass is 683 g/mol. The molecule has 13 nitrogen and oxygen atoms in total. The van der Waals surface area contributed by atoms with E-state index in [0.29, 0.717) is 42.1 Å². The van der Waals surface area contributed by atoms with Crippen molar-refractivity contribution in [3.63, 3.8) is 0 Å². The van der Waals surface area contributed by atoms with Gasteiger partial charge in [-0.25, -0.2) is 4.79 Å². The molecule has 0 spiro atoms. The summed E-state index contributed by atoms with van der Waals surface area (Å²) in [6, 6.07) is 7.28. The Morgan fingerprint density at radius 1 is 1.20 bits per heavy atom. The van der Waals surface area contributed by atoms with Crippen LogP contribution >= 0.6 is 23.4 Å². The average molecular weight is 684 g/mol. The number of nitrogens with two attached hydrogens (primary N) is 1. The highest BCUT2D eigenvalue weighted by atomic mass is 35.5. The van der Waals surface area contributed by atoms with E-state index in [9.17, 15) is 42.6 Å². The van der Waals surface area contributed by atoms with Gasteiger partial charge in [-0.2, -0.15) is 17.7 Å². The molecule has 2 fully saturated rings. The third-order valence-electron chi connectivity index (χ3n) is 6.93. The number of carboxylic acid groups (broad SMARTS) is 2. The molecule has 0 radical (unpaired) electrons. The number of likely N-dealkylation sites (tertiary alicyclic amines) is 1. The fourth-order valence-corrected chi connectivity index (χ4v) is 6.11. The molecule has 5 rings (SSSR count). The van der Waals surface area contributed by atoms with Crippen LogP contribution in [-0.2, 0) is 37.1 Å². The molecule has 1 aromatic carbocycles. The van der Waals surface area contributed by atoms with Crippen molar-refractivity contribution in [3.05, 3.63) is 76.2 Å². The van der Waals surface area contributed by atoms with Crippen LogP contribution in [0.2, 0.25) is 5.02 Å². The lowest BCUT2D eigenvalue weighted by molar-refractivity contribution is -0.684. The fraction of sp³-hybridized carbons (Fsp3) is 0.286. The minimum absolute atomic E-state index is 0.0491. The van der Waals surface area contributed by atoms with Gasteiger partial charge in [0.2, 0.25) is 18.4 Å². The van der Waals surface area contributed by atoms with Crippen LogP contribution in [0.3, 0.4) is 0 Å². The van der Waals surface area contributed by atoms with E-state index in [2.05, 4.69) is 5.32 Å². The predicted octanol–water partition coefficient (Wildman–Crippen LogP) is 0.510. The first-order valence-electron chi connectivity index (χ1n) is 13.3. The molecule has 4 heterocycles. The predicted molar refractivity (Wildman–Crippen MR) is 153 cm³/mol. The molecule has 0 aliphatic carbocycles. The van der Waals surface area contributed by atoms with Crippen LogP contribution in [0, 0.1) is 0 Å². The number of pyridine rings is 1. The number of allylic oxidation sites excluding steroid dienone is 1. The molecule has 2 saturated heterocycles. The number of anilines is 1. The number of phenolic OH excluding ortho intramolecular Hbond substituents is 1. The minimum Gasteiger partial charge on any atom is -0.543 e. The molecule has 0 bridgehead atoms. The maximum absolute atomic E-state index is 13.0. The Morgan fingerprint density at radius 2 is 1.85 bits per heavy atom. The molecule has 5 N–H and O–H groups in total. The number of halogens is 4. The van der Waals surface area contributed by atoms with E-state index < -0.39 is 35.4 Å². The molecule has 18 heteroatoms. The molecule has 46 heavy (non-hydrogen) atoms. The summed E-state index contributed by atoms with van der Waals surface area (Å²) in [6.07, 6.45) is 0.389. The highest BCUT2D eigenvalue weighted by Crippen LogP contribution is 2.40. The number of rotatable bonds is 7. The number of carboxylic acids is 2. The molecule has 2 aromatic rings. The van der Waals surface area contributed by atoms with E-state index in [1.807, 2.05) is 12.1 Å². The molecule has 3 aliphatic rings. The van der Waals surface area contributed by atoms with Gasteiger partial charge in [0.25, 0.3) is 5.91 Å². The number of nitrogens with one attached hydrogen (secondary N) is 1. The number of carbonyl (C=O) groups is 5. The number of carbonyl (C=O) groups excluding carboxylic acids is 4. The second kappa shape index (κ2) is 13.8. The number of thioether (sulfide) groups is 1. The second-order valence-corrected chi connectivity index (χ2v) is 11.7. The number of aromatic nitrogens is 1. The number of phenols is 1. The van der Waals surface area contributed by atoms with Crippen molar-refractivity contribution in [1.82, 2.24) is 9.80 Å². The summed E-state index contributed by atoms with van der Waals surface area (Å²) in [6.45, 7) is 0.861. The smallest absolute Gasteiger partial charge is 0.490 e. The number of alkyl halides is 3. The zero-order chi connectivity index (χ0) is 33.9. The summed E-state index contributed by atoms with van der Waals surface area (Å²) < 4.78 is 33.4. The normalized spacial score (nSPS) is 20.2. The summed E-state index contributed by atoms with van der Waals surface area (Å²) >= 11 is 7.23. The number of hydrogen-bond donors (Lipinski definition) is 4. The van der Waals surface area contributed by atoms with E-state index in [1.165, 1.54) is 23.9 Å². The van der Waals surface area contributed by atoms with Crippen molar-refractivity contribution in [3.8, 4) is 5.75 Å². The van der Waals surface area contributed by atoms with E-state index >= 15 is 0 Å². The van der Waals surface area contributed by atoms with Crippen LogP contribution < -0.4 is 20.7 Å². The zero-order valence-electron chi connectivity index (χ0n) is 23.5. The first-order chi connectivity index (χ1) is 21.6. The SMILES string of the molecule is N[C@@H]1C(=O)N2C(C(=O)[O-])=C(C=C3CCN(Cc4cc[n+](CC(=O)Nc5ccc(O)c(Cl)c5)cc4)C3=O)CS[C@H]12.O=C(O)C(F)(F)F. The third kappa shape index (κ3) is 7.78. The van der Waals surface area contributed by atoms with Gasteiger partial charge in [-0.15, -0.1) is 11.8 Å². The minimum atomic E-state index is -5.08. The van der Waals surface area contributed by atoms with Crippen LogP contribution in [0.4, 0.5) is 18.9 Å². The van der Waals surface area contributed by atoms with Crippen molar-refractivity contribution in [2.75, 3.05) is 17.6 Å². The van der Waals surface area contributed by atoms with Gasteiger partial charge in [-0.1, -0.05) is 11.6 Å². The number of nitrogens with zero attached hydrogens (tertiary/aromatic N) is 3. The Hall–Kier alpha value is -4.61. The molecule has 3 amide bonds. The largest absolute Gasteiger partial charge is 0.543 e. The Labute approximate surface area is 267 Å². The molecule has 244 valence electrons. The van der Waals surface area contributed by atoms with Crippen LogP contribution in [0.25, 0.3) is 0 Å². The van der Waals surface area contributed by atoms with Crippen molar-refractivity contribution < 1.29 is 57.0 Å². The Morgan fingerprint density at radius 3 is 2.43 bits per heavy atom. The Bertz CT molecular complexity index is 1650. The number of benzene rings is 1. The number of aliphatic carboxylic acids is 2. The second-order valence-electron chi connectivity index (χ2n) is 10.1. The number of amides is 3. The van der Waals surface area contributed by atoms with Gasteiger partial charge in [0.05, 0.1) is 16.7 Å². The number of hydrogen-bond acceptors (Lipinski definition) is 9. The standard InChI is InChI=1S/C26H24ClN5O6S.C2HF3O2/c27-18-10-17(1-2-19(18)33)29-20(34)12-30-6-3-14(4-7-30)11-31-8-5-15(23(31)35)9-16-13-39-25-21(28)24(36)32(25)22(16)26(37)38;3-2(4,5)1(6)7/h1-4,6-7,9-10,21,25H,5,8,11-13,28H2,(H2-,29,33,34,37,38);(H,6,7)/t21-,25-;/m1./s1. The topological polar surface area (TPSA) is 197 Å². The number of fused-ring (bicyclic) bond motifs is 1. The van der Waals surface area contributed by atoms with Gasteiger partial charge in [0.15, 0.2) is 12.4 Å². The highest BCUT2D eigenvalue weighted by Gasteiger charge is 2.50. The molecular formula is C28H25ClF3N5O8S. The zero-order valence-corrected chi connectivity index (χ0v) is 25.1. The van der Waals surface area contributed by atoms with Gasteiger partial charge >= 0.3 is 12.1 Å². The lowest BCUT2D eigenvalue weighted by Crippen LogP contribution is -2.69. The number of aromatic hydroxyl groups is 1. The van der Waals surface area contributed by atoms with Gasteiger partial charge < -0.3 is 36.1 Å². The maximum Gasteiger partial charge on any atom is 0.490 e. The maximum atomic E-state index is 13.0. The van der Waals surface area contributed by atoms with Crippen LogP contribution in [-0.4, -0.2) is 79.6 Å².